The van der Waals surface area contributed by atoms with E-state index >= 15 is 0 Å². The van der Waals surface area contributed by atoms with Crippen molar-refractivity contribution in [3.8, 4) is 0 Å². The van der Waals surface area contributed by atoms with Crippen molar-refractivity contribution in [2.45, 2.75) is 24.9 Å². The second-order valence-electron chi connectivity index (χ2n) is 6.74. The molecule has 1 aliphatic heterocycles. The smallest absolute Gasteiger partial charge is 0.257 e. The number of hydrogen-bond donors (Lipinski definition) is 2. The van der Waals surface area contributed by atoms with Crippen molar-refractivity contribution in [2.24, 2.45) is 11.8 Å². The van der Waals surface area contributed by atoms with Crippen LogP contribution in [0.2, 0.25) is 0 Å². The summed E-state index contributed by atoms with van der Waals surface area (Å²) in [5.41, 5.74) is 0.771. The first-order chi connectivity index (χ1) is 11.6. The zero-order valence-corrected chi connectivity index (χ0v) is 13.5. The van der Waals surface area contributed by atoms with Gasteiger partial charge in [0.2, 0.25) is 5.91 Å². The zero-order chi connectivity index (χ0) is 17.1. The van der Waals surface area contributed by atoms with Crippen LogP contribution in [0.25, 0.3) is 0 Å². The van der Waals surface area contributed by atoms with Gasteiger partial charge in [-0.15, -0.1) is 0 Å². The van der Waals surface area contributed by atoms with Gasteiger partial charge in [-0.3, -0.25) is 9.59 Å². The molecule has 1 saturated heterocycles. The Morgan fingerprint density at radius 3 is 2.50 bits per heavy atom. The first-order valence-electron chi connectivity index (χ1n) is 8.46. The van der Waals surface area contributed by atoms with E-state index in [0.29, 0.717) is 19.6 Å². The Kier molecular flexibility index (Phi) is 5.14. The minimum absolute atomic E-state index is 0.0764. The zero-order valence-electron chi connectivity index (χ0n) is 13.5. The number of nitrogens with one attached hydrogen (secondary N) is 1. The quantitative estimate of drug-likeness (QED) is 0.784. The Morgan fingerprint density at radius 1 is 1.25 bits per heavy atom. The third-order valence-electron chi connectivity index (χ3n) is 4.81. The minimum atomic E-state index is -1.35. The molecule has 0 spiro atoms. The molecule has 2 N–H and O–H groups in total. The van der Waals surface area contributed by atoms with E-state index in [4.69, 9.17) is 0 Å². The molecule has 2 aliphatic rings. The van der Waals surface area contributed by atoms with Gasteiger partial charge in [0.25, 0.3) is 5.91 Å². The highest BCUT2D eigenvalue weighted by Gasteiger charge is 2.42. The highest BCUT2D eigenvalue weighted by molar-refractivity contribution is 5.84. The Morgan fingerprint density at radius 2 is 1.92 bits per heavy atom. The Hall–Kier alpha value is -1.95. The van der Waals surface area contributed by atoms with Gasteiger partial charge in [0, 0.05) is 25.6 Å². The highest BCUT2D eigenvalue weighted by atomic mass is 19.1. The van der Waals surface area contributed by atoms with E-state index in [-0.39, 0.29) is 24.3 Å². The van der Waals surface area contributed by atoms with Gasteiger partial charge in [0.15, 0.2) is 6.17 Å². The minimum Gasteiger partial charge on any atom is -0.395 e. The van der Waals surface area contributed by atoms with Crippen LogP contribution in [0.15, 0.2) is 30.3 Å². The monoisotopic (exact) mass is 334 g/mol. The molecule has 1 aliphatic carbocycles. The fraction of sp³-hybridized carbons (Fsp3) is 0.556. The maximum Gasteiger partial charge on any atom is 0.257 e. The normalized spacial score (nSPS) is 20.2. The molecule has 6 heteroatoms. The molecule has 2 amide bonds. The van der Waals surface area contributed by atoms with E-state index < -0.39 is 18.0 Å². The molecule has 130 valence electrons. The van der Waals surface area contributed by atoms with E-state index in [1.807, 2.05) is 30.3 Å². The van der Waals surface area contributed by atoms with Crippen molar-refractivity contribution in [1.29, 1.82) is 0 Å². The lowest BCUT2D eigenvalue weighted by atomic mass is 9.96. The number of aliphatic hydroxyl groups excluding tert-OH is 1. The number of likely N-dealkylation sites (tertiary alicyclic amines) is 1. The van der Waals surface area contributed by atoms with Crippen LogP contribution in [0, 0.1) is 11.8 Å². The molecule has 2 fully saturated rings. The van der Waals surface area contributed by atoms with Gasteiger partial charge in [-0.1, -0.05) is 30.3 Å². The van der Waals surface area contributed by atoms with Crippen molar-refractivity contribution < 1.29 is 19.1 Å². The lowest BCUT2D eigenvalue weighted by Crippen LogP contribution is -2.56. The average molecular weight is 334 g/mol. The van der Waals surface area contributed by atoms with Crippen LogP contribution < -0.4 is 5.32 Å². The standard InChI is InChI=1S/C18H23FN2O3/c19-16(14-6-7-14)18(24)21-9-12(10-21)8-20-17(23)15(11-22)13-4-2-1-3-5-13/h1-5,12,14-16,22H,6-11H2,(H,20,23). The third-order valence-corrected chi connectivity index (χ3v) is 4.81. The molecule has 24 heavy (non-hydrogen) atoms. The summed E-state index contributed by atoms with van der Waals surface area (Å²) < 4.78 is 13.7. The lowest BCUT2D eigenvalue weighted by Gasteiger charge is -2.40. The van der Waals surface area contributed by atoms with Crippen molar-refractivity contribution in [2.75, 3.05) is 26.2 Å². The summed E-state index contributed by atoms with van der Waals surface area (Å²) in [6, 6.07) is 9.13. The predicted octanol–water partition coefficient (Wildman–Crippen LogP) is 1.09. The molecule has 1 aromatic rings. The molecule has 1 heterocycles. The Labute approximate surface area is 140 Å². The van der Waals surface area contributed by atoms with E-state index in [1.54, 1.807) is 0 Å². The molecular weight excluding hydrogens is 311 g/mol. The molecule has 0 bridgehead atoms. The summed E-state index contributed by atoms with van der Waals surface area (Å²) in [5, 5.41) is 12.3. The van der Waals surface area contributed by atoms with Crippen LogP contribution in [0.4, 0.5) is 4.39 Å². The summed E-state index contributed by atoms with van der Waals surface area (Å²) in [5.74, 6) is -1.15. The Bertz CT molecular complexity index is 585. The lowest BCUT2D eigenvalue weighted by molar-refractivity contribution is -0.143. The number of carbonyl (C=O) groups excluding carboxylic acids is 2. The van der Waals surface area contributed by atoms with Crippen LogP contribution >= 0.6 is 0 Å². The number of benzene rings is 1. The predicted molar refractivity (Wildman–Crippen MR) is 87.0 cm³/mol. The van der Waals surface area contributed by atoms with Crippen LogP contribution in [0.5, 0.6) is 0 Å². The fourth-order valence-corrected chi connectivity index (χ4v) is 3.04. The number of alkyl halides is 1. The van der Waals surface area contributed by atoms with Gasteiger partial charge >= 0.3 is 0 Å². The summed E-state index contributed by atoms with van der Waals surface area (Å²) in [6.07, 6.45) is 0.266. The Balaban J connectivity index is 1.42. The van der Waals surface area contributed by atoms with Gasteiger partial charge in [0.05, 0.1) is 12.5 Å². The number of hydrogen-bond acceptors (Lipinski definition) is 3. The van der Waals surface area contributed by atoms with Gasteiger partial charge in [-0.25, -0.2) is 4.39 Å². The summed E-state index contributed by atoms with van der Waals surface area (Å²) in [7, 11) is 0. The molecule has 2 unspecified atom stereocenters. The third kappa shape index (κ3) is 3.75. The largest absolute Gasteiger partial charge is 0.395 e. The number of amides is 2. The van der Waals surface area contributed by atoms with Crippen LogP contribution in [0.3, 0.4) is 0 Å². The van der Waals surface area contributed by atoms with Crippen molar-refractivity contribution in [3.63, 3.8) is 0 Å². The highest BCUT2D eigenvalue weighted by Crippen LogP contribution is 2.36. The SMILES string of the molecule is O=C(NCC1CN(C(=O)C(F)C2CC2)C1)C(CO)c1ccccc1. The number of nitrogens with zero attached hydrogens (tertiary/aromatic N) is 1. The molecule has 1 aromatic carbocycles. The molecule has 2 atom stereocenters. The van der Waals surface area contributed by atoms with E-state index in [2.05, 4.69) is 5.32 Å². The van der Waals surface area contributed by atoms with Crippen molar-refractivity contribution in [3.05, 3.63) is 35.9 Å². The van der Waals surface area contributed by atoms with Gasteiger partial charge in [-0.05, 0) is 24.3 Å². The molecule has 1 saturated carbocycles. The first kappa shape index (κ1) is 16.9. The van der Waals surface area contributed by atoms with Crippen molar-refractivity contribution >= 4 is 11.8 Å². The summed E-state index contributed by atoms with van der Waals surface area (Å²) >= 11 is 0. The summed E-state index contributed by atoms with van der Waals surface area (Å²) in [4.78, 5) is 25.6. The first-order valence-corrected chi connectivity index (χ1v) is 8.46. The maximum atomic E-state index is 13.7. The number of carbonyl (C=O) groups is 2. The molecule has 3 rings (SSSR count). The average Bonchev–Trinajstić information content (AvgIpc) is 3.39. The fourth-order valence-electron chi connectivity index (χ4n) is 3.04. The molecular formula is C18H23FN2O3. The van der Waals surface area contributed by atoms with Gasteiger partial charge in [0.1, 0.15) is 0 Å². The van der Waals surface area contributed by atoms with Crippen LogP contribution in [-0.4, -0.2) is 54.2 Å². The topological polar surface area (TPSA) is 69.6 Å². The van der Waals surface area contributed by atoms with Gasteiger partial charge in [-0.2, -0.15) is 0 Å². The van der Waals surface area contributed by atoms with E-state index in [1.165, 1.54) is 4.90 Å². The molecule has 0 radical (unpaired) electrons. The maximum absolute atomic E-state index is 13.7. The van der Waals surface area contributed by atoms with Crippen LogP contribution in [-0.2, 0) is 9.59 Å². The second kappa shape index (κ2) is 7.30. The second-order valence-corrected chi connectivity index (χ2v) is 6.74. The van der Waals surface area contributed by atoms with Crippen molar-refractivity contribution in [1.82, 2.24) is 10.2 Å². The van der Waals surface area contributed by atoms with Crippen LogP contribution in [0.1, 0.15) is 24.3 Å². The molecule has 0 aromatic heterocycles. The number of aliphatic hydroxyl groups is 1. The molecule has 5 nitrogen and oxygen atoms in total. The number of rotatable bonds is 7. The summed E-state index contributed by atoms with van der Waals surface area (Å²) in [6.45, 7) is 1.16. The number of halogens is 1. The van der Waals surface area contributed by atoms with Gasteiger partial charge < -0.3 is 15.3 Å². The van der Waals surface area contributed by atoms with E-state index in [9.17, 15) is 19.1 Å². The van der Waals surface area contributed by atoms with E-state index in [0.717, 1.165) is 18.4 Å².